The lowest BCUT2D eigenvalue weighted by molar-refractivity contribution is -0.132. The van der Waals surface area contributed by atoms with E-state index >= 15 is 0 Å². The predicted molar refractivity (Wildman–Crippen MR) is 123 cm³/mol. The van der Waals surface area contributed by atoms with Crippen LogP contribution in [0.15, 0.2) is 76.8 Å². The van der Waals surface area contributed by atoms with E-state index in [0.29, 0.717) is 20.9 Å². The fraction of sp³-hybridized carbons (Fsp3) is 0.0833. The van der Waals surface area contributed by atoms with E-state index in [0.717, 1.165) is 4.90 Å². The van der Waals surface area contributed by atoms with Crippen molar-refractivity contribution in [2.24, 2.45) is 0 Å². The molecule has 32 heavy (non-hydrogen) atoms. The molecule has 1 N–H and O–H groups in total. The molecular formula is C24H16BrClFNO4. The van der Waals surface area contributed by atoms with Gasteiger partial charge in [0.05, 0.1) is 23.2 Å². The third kappa shape index (κ3) is 3.78. The molecule has 0 saturated carbocycles. The van der Waals surface area contributed by atoms with E-state index in [4.69, 9.17) is 16.3 Å². The summed E-state index contributed by atoms with van der Waals surface area (Å²) in [7, 11) is 1.49. The van der Waals surface area contributed by atoms with Crippen LogP contribution in [0.2, 0.25) is 5.02 Å². The number of aliphatic hydroxyl groups excluding tert-OH is 1. The maximum atomic E-state index is 14.9. The molecule has 1 unspecified atom stereocenters. The molecule has 8 heteroatoms. The molecule has 1 aliphatic heterocycles. The summed E-state index contributed by atoms with van der Waals surface area (Å²) in [5, 5.41) is 11.5. The number of nitrogens with zero attached hydrogens (tertiary/aromatic N) is 1. The van der Waals surface area contributed by atoms with E-state index < -0.39 is 29.3 Å². The van der Waals surface area contributed by atoms with Crippen LogP contribution in [0.5, 0.6) is 5.75 Å². The van der Waals surface area contributed by atoms with Crippen molar-refractivity contribution in [3.05, 3.63) is 98.7 Å². The van der Waals surface area contributed by atoms with Crippen LogP contribution < -0.4 is 9.64 Å². The summed E-state index contributed by atoms with van der Waals surface area (Å²) in [4.78, 5) is 27.3. The molecule has 3 aromatic carbocycles. The number of hydrogen-bond donors (Lipinski definition) is 1. The molecule has 0 aliphatic carbocycles. The molecule has 4 rings (SSSR count). The SMILES string of the molecule is COc1ccc(/C(O)=C2\C(=O)C(=O)N(c3cccc(Cl)c3)C2c2ccccc2F)cc1Br. The van der Waals surface area contributed by atoms with Gasteiger partial charge in [0.15, 0.2) is 0 Å². The molecule has 0 spiro atoms. The zero-order valence-electron chi connectivity index (χ0n) is 16.7. The highest BCUT2D eigenvalue weighted by Gasteiger charge is 2.47. The van der Waals surface area contributed by atoms with E-state index in [9.17, 15) is 19.1 Å². The number of carbonyl (C=O) groups is 2. The Morgan fingerprint density at radius 2 is 1.84 bits per heavy atom. The first kappa shape index (κ1) is 22.0. The highest BCUT2D eigenvalue weighted by molar-refractivity contribution is 9.10. The van der Waals surface area contributed by atoms with Crippen molar-refractivity contribution in [2.45, 2.75) is 6.04 Å². The zero-order chi connectivity index (χ0) is 23.0. The Morgan fingerprint density at radius 3 is 2.50 bits per heavy atom. The lowest BCUT2D eigenvalue weighted by Crippen LogP contribution is -2.29. The Hall–Kier alpha value is -3.16. The van der Waals surface area contributed by atoms with Gasteiger partial charge in [0.1, 0.15) is 17.3 Å². The van der Waals surface area contributed by atoms with Gasteiger partial charge in [-0.3, -0.25) is 14.5 Å². The number of Topliss-reactive ketones (excluding diaryl/α,β-unsaturated/α-hetero) is 1. The number of hydrogen-bond acceptors (Lipinski definition) is 4. The van der Waals surface area contributed by atoms with Crippen LogP contribution in [0.4, 0.5) is 10.1 Å². The van der Waals surface area contributed by atoms with Gasteiger partial charge in [0.25, 0.3) is 11.7 Å². The Labute approximate surface area is 196 Å². The highest BCUT2D eigenvalue weighted by Crippen LogP contribution is 2.43. The van der Waals surface area contributed by atoms with E-state index in [1.54, 1.807) is 42.5 Å². The summed E-state index contributed by atoms with van der Waals surface area (Å²) >= 11 is 9.44. The summed E-state index contributed by atoms with van der Waals surface area (Å²) in [5.41, 5.74) is 0.420. The van der Waals surface area contributed by atoms with Gasteiger partial charge in [-0.15, -0.1) is 0 Å². The number of methoxy groups -OCH3 is 1. The minimum atomic E-state index is -1.18. The third-order valence-corrected chi connectivity index (χ3v) is 6.01. The molecule has 3 aromatic rings. The fourth-order valence-corrected chi connectivity index (χ4v) is 4.41. The molecule has 5 nitrogen and oxygen atoms in total. The number of halogens is 3. The summed E-state index contributed by atoms with van der Waals surface area (Å²) in [6, 6.07) is 15.7. The minimum absolute atomic E-state index is 0.0702. The van der Waals surface area contributed by atoms with E-state index in [1.807, 2.05) is 0 Å². The standard InChI is InChI=1S/C24H16BrClFNO4/c1-32-19-10-9-13(11-17(19)25)22(29)20-21(16-7-2-3-8-18(16)27)28(24(31)23(20)30)15-6-4-5-14(26)12-15/h2-12,21,29H,1H3/b22-20+. The smallest absolute Gasteiger partial charge is 0.300 e. The number of ether oxygens (including phenoxy) is 1. The summed E-state index contributed by atoms with van der Waals surface area (Å²) in [6.07, 6.45) is 0. The number of ketones is 1. The van der Waals surface area contributed by atoms with Crippen LogP contribution in [0, 0.1) is 5.82 Å². The van der Waals surface area contributed by atoms with Crippen LogP contribution >= 0.6 is 27.5 Å². The molecule has 0 aromatic heterocycles. The average molecular weight is 517 g/mol. The maximum Gasteiger partial charge on any atom is 0.300 e. The van der Waals surface area contributed by atoms with Gasteiger partial charge in [0.2, 0.25) is 0 Å². The van der Waals surface area contributed by atoms with Crippen LogP contribution in [-0.4, -0.2) is 23.9 Å². The normalized spacial score (nSPS) is 17.6. The van der Waals surface area contributed by atoms with E-state index in [1.165, 1.54) is 31.4 Å². The molecule has 0 radical (unpaired) electrons. The van der Waals surface area contributed by atoms with E-state index in [2.05, 4.69) is 15.9 Å². The second kappa shape index (κ2) is 8.76. The van der Waals surface area contributed by atoms with Gasteiger partial charge >= 0.3 is 0 Å². The van der Waals surface area contributed by atoms with Crippen LogP contribution in [-0.2, 0) is 9.59 Å². The van der Waals surface area contributed by atoms with Crippen molar-refractivity contribution in [2.75, 3.05) is 12.0 Å². The molecular weight excluding hydrogens is 501 g/mol. The fourth-order valence-electron chi connectivity index (χ4n) is 3.69. The molecule has 1 saturated heterocycles. The molecule has 1 aliphatic rings. The van der Waals surface area contributed by atoms with Crippen LogP contribution in [0.3, 0.4) is 0 Å². The second-order valence-corrected chi connectivity index (χ2v) is 8.31. The zero-order valence-corrected chi connectivity index (χ0v) is 19.0. The summed E-state index contributed by atoms with van der Waals surface area (Å²) in [5.74, 6) is -2.35. The van der Waals surface area contributed by atoms with Gasteiger partial charge in [-0.1, -0.05) is 35.9 Å². The Balaban J connectivity index is 1.97. The van der Waals surface area contributed by atoms with Gasteiger partial charge in [-0.25, -0.2) is 4.39 Å². The number of amides is 1. The van der Waals surface area contributed by atoms with Gasteiger partial charge in [0, 0.05) is 21.8 Å². The topological polar surface area (TPSA) is 66.8 Å². The quantitative estimate of drug-likeness (QED) is 0.267. The summed E-state index contributed by atoms with van der Waals surface area (Å²) in [6.45, 7) is 0. The number of carbonyl (C=O) groups excluding carboxylic acids is 2. The van der Waals surface area contributed by atoms with Crippen molar-refractivity contribution >= 4 is 50.7 Å². The first-order valence-corrected chi connectivity index (χ1v) is 10.7. The van der Waals surface area contributed by atoms with Crippen molar-refractivity contribution in [1.82, 2.24) is 0 Å². The highest BCUT2D eigenvalue weighted by atomic mass is 79.9. The Morgan fingerprint density at radius 1 is 1.09 bits per heavy atom. The number of anilines is 1. The number of aliphatic hydroxyl groups is 1. The lowest BCUT2D eigenvalue weighted by Gasteiger charge is -2.26. The van der Waals surface area contributed by atoms with Gasteiger partial charge in [-0.2, -0.15) is 0 Å². The van der Waals surface area contributed by atoms with E-state index in [-0.39, 0.29) is 16.7 Å². The summed E-state index contributed by atoms with van der Waals surface area (Å²) < 4.78 is 20.6. The van der Waals surface area contributed by atoms with Crippen LogP contribution in [0.25, 0.3) is 5.76 Å². The largest absolute Gasteiger partial charge is 0.507 e. The molecule has 1 amide bonds. The van der Waals surface area contributed by atoms with Crippen molar-refractivity contribution in [3.63, 3.8) is 0 Å². The van der Waals surface area contributed by atoms with Crippen molar-refractivity contribution in [3.8, 4) is 5.75 Å². The average Bonchev–Trinajstić information content (AvgIpc) is 3.04. The predicted octanol–water partition coefficient (Wildman–Crippen LogP) is 5.88. The Bertz CT molecular complexity index is 1280. The molecule has 1 heterocycles. The monoisotopic (exact) mass is 515 g/mol. The minimum Gasteiger partial charge on any atom is -0.507 e. The molecule has 162 valence electrons. The number of rotatable bonds is 4. The third-order valence-electron chi connectivity index (χ3n) is 5.16. The van der Waals surface area contributed by atoms with Crippen molar-refractivity contribution < 1.29 is 23.8 Å². The molecule has 0 bridgehead atoms. The molecule has 1 fully saturated rings. The first-order valence-electron chi connectivity index (χ1n) is 9.48. The van der Waals surface area contributed by atoms with Crippen LogP contribution in [0.1, 0.15) is 17.2 Å². The molecule has 1 atom stereocenters. The second-order valence-electron chi connectivity index (χ2n) is 7.02. The first-order chi connectivity index (χ1) is 15.3. The van der Waals surface area contributed by atoms with Gasteiger partial charge < -0.3 is 9.84 Å². The lowest BCUT2D eigenvalue weighted by atomic mass is 9.94. The Kier molecular flexibility index (Phi) is 6.04. The van der Waals surface area contributed by atoms with Crippen molar-refractivity contribution in [1.29, 1.82) is 0 Å². The number of benzene rings is 3. The van der Waals surface area contributed by atoms with Gasteiger partial charge in [-0.05, 0) is 58.4 Å². The maximum absolute atomic E-state index is 14.9.